The molecule has 0 bridgehead atoms. The van der Waals surface area contributed by atoms with Gasteiger partial charge in [0.2, 0.25) is 11.8 Å². The highest BCUT2D eigenvalue weighted by atomic mass is 16.5. The zero-order valence-corrected chi connectivity index (χ0v) is 22.2. The van der Waals surface area contributed by atoms with E-state index in [4.69, 9.17) is 14.5 Å². The van der Waals surface area contributed by atoms with Crippen LogP contribution in [0.4, 0.5) is 0 Å². The molecular formula is C29H35N7O2. The van der Waals surface area contributed by atoms with E-state index in [1.165, 1.54) is 12.0 Å². The zero-order chi connectivity index (χ0) is 26.0. The molecule has 1 aromatic carbocycles. The van der Waals surface area contributed by atoms with E-state index in [9.17, 15) is 0 Å². The molecule has 2 fully saturated rings. The molecule has 4 heterocycles. The molecule has 4 aromatic rings. The Hall–Kier alpha value is -3.56. The lowest BCUT2D eigenvalue weighted by atomic mass is 9.82. The molecule has 6 rings (SSSR count). The molecule has 0 atom stereocenters. The van der Waals surface area contributed by atoms with Gasteiger partial charge in [0.1, 0.15) is 24.4 Å². The first-order valence-electron chi connectivity index (χ1n) is 13.6. The molecule has 1 aliphatic carbocycles. The third-order valence-corrected chi connectivity index (χ3v) is 7.63. The van der Waals surface area contributed by atoms with Crippen LogP contribution in [0.5, 0.6) is 11.8 Å². The number of rotatable bonds is 9. The normalized spacial score (nSPS) is 17.3. The van der Waals surface area contributed by atoms with Crippen molar-refractivity contribution in [3.05, 3.63) is 60.0 Å². The van der Waals surface area contributed by atoms with E-state index in [0.29, 0.717) is 30.4 Å². The second-order valence-electron chi connectivity index (χ2n) is 10.5. The Bertz CT molecular complexity index is 1400. The minimum atomic E-state index is -0.189. The number of nitrogens with one attached hydrogen (secondary N) is 1. The lowest BCUT2D eigenvalue weighted by Crippen LogP contribution is -2.44. The number of piperazine rings is 1. The van der Waals surface area contributed by atoms with Gasteiger partial charge in [0.15, 0.2) is 11.2 Å². The first kappa shape index (κ1) is 24.8. The first-order valence-corrected chi connectivity index (χ1v) is 13.6. The molecule has 0 spiro atoms. The summed E-state index contributed by atoms with van der Waals surface area (Å²) in [5.74, 6) is 1.97. The SMILES string of the molecule is Cc1cc(OCCN2CCNCC2)ncc1-c1nc2c(OC3(C)CCC3)ncnc2n1Cc1ccccc1. The molecule has 0 unspecified atom stereocenters. The second kappa shape index (κ2) is 10.7. The summed E-state index contributed by atoms with van der Waals surface area (Å²) >= 11 is 0. The van der Waals surface area contributed by atoms with E-state index >= 15 is 0 Å². The first-order chi connectivity index (χ1) is 18.6. The lowest BCUT2D eigenvalue weighted by Gasteiger charge is -2.37. The second-order valence-corrected chi connectivity index (χ2v) is 10.5. The number of pyridine rings is 1. The van der Waals surface area contributed by atoms with Gasteiger partial charge in [-0.3, -0.25) is 4.90 Å². The predicted molar refractivity (Wildman–Crippen MR) is 147 cm³/mol. The zero-order valence-electron chi connectivity index (χ0n) is 22.2. The van der Waals surface area contributed by atoms with E-state index in [0.717, 1.165) is 68.2 Å². The molecule has 9 nitrogen and oxygen atoms in total. The minimum absolute atomic E-state index is 0.189. The van der Waals surface area contributed by atoms with Crippen molar-refractivity contribution in [3.8, 4) is 23.1 Å². The van der Waals surface area contributed by atoms with Crippen LogP contribution in [0.1, 0.15) is 37.3 Å². The Kier molecular flexibility index (Phi) is 6.95. The van der Waals surface area contributed by atoms with Gasteiger partial charge < -0.3 is 19.4 Å². The summed E-state index contributed by atoms with van der Waals surface area (Å²) in [6.45, 7) is 10.5. The molecule has 1 saturated carbocycles. The van der Waals surface area contributed by atoms with Crippen molar-refractivity contribution in [2.75, 3.05) is 39.3 Å². The summed E-state index contributed by atoms with van der Waals surface area (Å²) in [4.78, 5) is 21.2. The van der Waals surface area contributed by atoms with Gasteiger partial charge >= 0.3 is 0 Å². The van der Waals surface area contributed by atoms with E-state index in [1.54, 1.807) is 6.33 Å². The fourth-order valence-electron chi connectivity index (χ4n) is 5.18. The maximum Gasteiger partial charge on any atom is 0.245 e. The van der Waals surface area contributed by atoms with Crippen LogP contribution in [0.15, 0.2) is 48.9 Å². The van der Waals surface area contributed by atoms with Crippen molar-refractivity contribution < 1.29 is 9.47 Å². The van der Waals surface area contributed by atoms with Crippen LogP contribution in [0.2, 0.25) is 0 Å². The number of aryl methyl sites for hydroxylation is 1. The average molecular weight is 514 g/mol. The standard InChI is InChI=1S/C29H35N7O2/c1-21-17-24(37-16-15-35-13-11-30-12-14-35)31-18-23(21)26-34-25-27(36(26)19-22-7-4-3-5-8-22)32-20-33-28(25)38-29(2)9-6-10-29/h3-5,7-8,17-18,20,30H,6,9-16,19H2,1-2H3. The minimum Gasteiger partial charge on any atom is -0.476 e. The van der Waals surface area contributed by atoms with Gasteiger partial charge in [-0.05, 0) is 44.2 Å². The Morgan fingerprint density at radius 1 is 1.05 bits per heavy atom. The van der Waals surface area contributed by atoms with E-state index in [2.05, 4.69) is 67.8 Å². The largest absolute Gasteiger partial charge is 0.476 e. The van der Waals surface area contributed by atoms with Crippen LogP contribution >= 0.6 is 0 Å². The van der Waals surface area contributed by atoms with Crippen molar-refractivity contribution >= 4 is 11.2 Å². The average Bonchev–Trinajstić information content (AvgIpc) is 3.28. The van der Waals surface area contributed by atoms with Crippen molar-refractivity contribution in [1.29, 1.82) is 0 Å². The molecule has 9 heteroatoms. The topological polar surface area (TPSA) is 90.2 Å². The number of aromatic nitrogens is 5. The number of hydrogen-bond acceptors (Lipinski definition) is 8. The summed E-state index contributed by atoms with van der Waals surface area (Å²) in [7, 11) is 0. The molecular weight excluding hydrogens is 478 g/mol. The molecule has 0 radical (unpaired) electrons. The quantitative estimate of drug-likeness (QED) is 0.361. The van der Waals surface area contributed by atoms with Crippen molar-refractivity contribution in [2.24, 2.45) is 0 Å². The van der Waals surface area contributed by atoms with E-state index in [-0.39, 0.29) is 5.60 Å². The number of benzene rings is 1. The Morgan fingerprint density at radius 3 is 2.61 bits per heavy atom. The van der Waals surface area contributed by atoms with Crippen LogP contribution in [0.25, 0.3) is 22.6 Å². The van der Waals surface area contributed by atoms with Crippen LogP contribution in [-0.2, 0) is 6.54 Å². The predicted octanol–water partition coefficient (Wildman–Crippen LogP) is 3.85. The highest BCUT2D eigenvalue weighted by Crippen LogP contribution is 2.38. The molecule has 2 aliphatic rings. The lowest BCUT2D eigenvalue weighted by molar-refractivity contribution is 0.00848. The van der Waals surface area contributed by atoms with Gasteiger partial charge in [0.05, 0.1) is 6.54 Å². The van der Waals surface area contributed by atoms with Crippen LogP contribution in [0.3, 0.4) is 0 Å². The maximum atomic E-state index is 6.38. The van der Waals surface area contributed by atoms with Crippen molar-refractivity contribution in [2.45, 2.75) is 45.3 Å². The number of fused-ring (bicyclic) bond motifs is 1. The summed E-state index contributed by atoms with van der Waals surface area (Å²) in [5.41, 5.74) is 4.40. The monoisotopic (exact) mass is 513 g/mol. The third kappa shape index (κ3) is 5.21. The maximum absolute atomic E-state index is 6.38. The van der Waals surface area contributed by atoms with Gasteiger partial charge in [-0.2, -0.15) is 4.98 Å². The van der Waals surface area contributed by atoms with E-state index < -0.39 is 0 Å². The fraction of sp³-hybridized carbons (Fsp3) is 0.448. The molecule has 1 saturated heterocycles. The summed E-state index contributed by atoms with van der Waals surface area (Å²) in [6, 6.07) is 12.4. The molecule has 38 heavy (non-hydrogen) atoms. The molecule has 0 amide bonds. The molecule has 1 N–H and O–H groups in total. The summed E-state index contributed by atoms with van der Waals surface area (Å²) < 4.78 is 14.5. The van der Waals surface area contributed by atoms with Crippen molar-refractivity contribution in [3.63, 3.8) is 0 Å². The highest BCUT2D eigenvalue weighted by molar-refractivity contribution is 5.82. The van der Waals surface area contributed by atoms with Gasteiger partial charge in [0, 0.05) is 50.6 Å². The Morgan fingerprint density at radius 2 is 1.87 bits per heavy atom. The number of ether oxygens (including phenoxy) is 2. The fourth-order valence-corrected chi connectivity index (χ4v) is 5.18. The number of hydrogen-bond donors (Lipinski definition) is 1. The molecule has 3 aromatic heterocycles. The Labute approximate surface area is 223 Å². The van der Waals surface area contributed by atoms with Crippen LogP contribution in [0, 0.1) is 6.92 Å². The molecule has 198 valence electrons. The number of nitrogens with zero attached hydrogens (tertiary/aromatic N) is 6. The summed E-state index contributed by atoms with van der Waals surface area (Å²) in [6.07, 6.45) is 6.66. The number of imidazole rings is 1. The van der Waals surface area contributed by atoms with Gasteiger partial charge in [0.25, 0.3) is 0 Å². The van der Waals surface area contributed by atoms with Gasteiger partial charge in [-0.1, -0.05) is 30.3 Å². The summed E-state index contributed by atoms with van der Waals surface area (Å²) in [5, 5.41) is 3.38. The highest BCUT2D eigenvalue weighted by Gasteiger charge is 2.35. The van der Waals surface area contributed by atoms with Crippen LogP contribution in [-0.4, -0.2) is 74.3 Å². The molecule has 1 aliphatic heterocycles. The van der Waals surface area contributed by atoms with Crippen molar-refractivity contribution in [1.82, 2.24) is 34.7 Å². The van der Waals surface area contributed by atoms with E-state index in [1.807, 2.05) is 18.3 Å². The smallest absolute Gasteiger partial charge is 0.245 e. The van der Waals surface area contributed by atoms with Gasteiger partial charge in [-0.25, -0.2) is 15.0 Å². The third-order valence-electron chi connectivity index (χ3n) is 7.63. The Balaban J connectivity index is 1.31. The van der Waals surface area contributed by atoms with Crippen LogP contribution < -0.4 is 14.8 Å². The van der Waals surface area contributed by atoms with Gasteiger partial charge in [-0.15, -0.1) is 0 Å².